The molecule has 0 N–H and O–H groups in total. The highest BCUT2D eigenvalue weighted by atomic mass is 16.5. The number of nitrogens with zero attached hydrogens (tertiary/aromatic N) is 1. The van der Waals surface area contributed by atoms with E-state index in [1.165, 1.54) is 4.90 Å². The van der Waals surface area contributed by atoms with Crippen LogP contribution < -0.4 is 0 Å². The van der Waals surface area contributed by atoms with Gasteiger partial charge in [-0.1, -0.05) is 72.8 Å². The molecule has 3 aliphatic rings. The molecule has 4 atom stereocenters. The van der Waals surface area contributed by atoms with Gasteiger partial charge in [0.15, 0.2) is 5.78 Å². The highest BCUT2D eigenvalue weighted by Gasteiger charge is 2.70. The summed E-state index contributed by atoms with van der Waals surface area (Å²) >= 11 is 0. The molecule has 1 saturated carbocycles. The molecule has 1 fully saturated rings. The van der Waals surface area contributed by atoms with E-state index in [0.717, 1.165) is 22.3 Å². The Balaban J connectivity index is 1.74. The number of ketones is 1. The van der Waals surface area contributed by atoms with Gasteiger partial charge in [0.2, 0.25) is 0 Å². The maximum atomic E-state index is 14.2. The minimum absolute atomic E-state index is 0.0571. The third-order valence-corrected chi connectivity index (χ3v) is 7.46. The molecular formula is C28H27NO3. The second kappa shape index (κ2) is 7.33. The van der Waals surface area contributed by atoms with Crippen molar-refractivity contribution in [2.75, 3.05) is 6.61 Å². The minimum atomic E-state index is -0.697. The number of fused-ring (bicyclic) bond motifs is 5. The molecule has 162 valence electrons. The average Bonchev–Trinajstić information content (AvgIpc) is 3.01. The molecule has 1 heterocycles. The van der Waals surface area contributed by atoms with Gasteiger partial charge >= 0.3 is 6.09 Å². The summed E-state index contributed by atoms with van der Waals surface area (Å²) < 4.78 is 5.19. The van der Waals surface area contributed by atoms with Gasteiger partial charge in [-0.2, -0.15) is 0 Å². The van der Waals surface area contributed by atoms with Gasteiger partial charge < -0.3 is 4.74 Å². The van der Waals surface area contributed by atoms with E-state index in [1.807, 2.05) is 48.6 Å². The Morgan fingerprint density at radius 2 is 1.28 bits per heavy atom. The van der Waals surface area contributed by atoms with E-state index in [2.05, 4.69) is 38.1 Å². The lowest BCUT2D eigenvalue weighted by molar-refractivity contribution is -0.127. The van der Waals surface area contributed by atoms with Crippen molar-refractivity contribution in [3.05, 3.63) is 96.3 Å². The summed E-state index contributed by atoms with van der Waals surface area (Å²) in [5.41, 5.74) is 2.96. The predicted molar refractivity (Wildman–Crippen MR) is 125 cm³/mol. The van der Waals surface area contributed by atoms with Crippen LogP contribution in [-0.2, 0) is 9.53 Å². The summed E-state index contributed by atoms with van der Waals surface area (Å²) in [4.78, 5) is 28.0. The van der Waals surface area contributed by atoms with Gasteiger partial charge in [-0.05, 0) is 43.0 Å². The fraction of sp³-hybridized carbons (Fsp3) is 0.286. The van der Waals surface area contributed by atoms with Crippen molar-refractivity contribution in [3.8, 4) is 0 Å². The maximum Gasteiger partial charge on any atom is 0.417 e. The first-order chi connectivity index (χ1) is 15.4. The van der Waals surface area contributed by atoms with E-state index in [1.54, 1.807) is 19.3 Å². The van der Waals surface area contributed by atoms with Crippen LogP contribution in [0.4, 0.5) is 4.79 Å². The molecule has 5 rings (SSSR count). The first kappa shape index (κ1) is 20.5. The SMILES string of the molecule is CCOC(=O)N1C=C[C@H]2[C@H](C=C1)[C@@]1(C)C(=O)[C@@]2(C)C(c2ccccc2)=C1c1ccccc1. The van der Waals surface area contributed by atoms with Gasteiger partial charge in [0.1, 0.15) is 0 Å². The molecule has 0 spiro atoms. The Bertz CT molecular complexity index is 1080. The molecule has 1 amide bonds. The van der Waals surface area contributed by atoms with Crippen LogP contribution in [0.25, 0.3) is 11.1 Å². The van der Waals surface area contributed by atoms with Crippen molar-refractivity contribution in [3.63, 3.8) is 0 Å². The van der Waals surface area contributed by atoms with Crippen molar-refractivity contribution in [1.82, 2.24) is 4.90 Å². The smallest absolute Gasteiger partial charge is 0.417 e. The van der Waals surface area contributed by atoms with Crippen LogP contribution in [0.3, 0.4) is 0 Å². The first-order valence-corrected chi connectivity index (χ1v) is 11.2. The number of ether oxygens (including phenoxy) is 1. The monoisotopic (exact) mass is 425 g/mol. The lowest BCUT2D eigenvalue weighted by Crippen LogP contribution is -2.31. The number of amides is 1. The summed E-state index contributed by atoms with van der Waals surface area (Å²) in [7, 11) is 0. The van der Waals surface area contributed by atoms with E-state index in [9.17, 15) is 9.59 Å². The Labute approximate surface area is 188 Å². The van der Waals surface area contributed by atoms with Crippen molar-refractivity contribution in [2.24, 2.45) is 22.7 Å². The average molecular weight is 426 g/mol. The van der Waals surface area contributed by atoms with Crippen LogP contribution in [0.5, 0.6) is 0 Å². The zero-order valence-corrected chi connectivity index (χ0v) is 18.6. The molecule has 0 aromatic heterocycles. The summed E-state index contributed by atoms with van der Waals surface area (Å²) in [6.07, 6.45) is 7.15. The lowest BCUT2D eigenvalue weighted by Gasteiger charge is -2.39. The molecule has 4 nitrogen and oxygen atoms in total. The summed E-state index contributed by atoms with van der Waals surface area (Å²) in [6.45, 7) is 6.26. The first-order valence-electron chi connectivity index (χ1n) is 11.2. The summed E-state index contributed by atoms with van der Waals surface area (Å²) in [5, 5.41) is 0. The Kier molecular flexibility index (Phi) is 4.70. The number of allylic oxidation sites excluding steroid dienone is 4. The number of hydrogen-bond acceptors (Lipinski definition) is 3. The normalized spacial score (nSPS) is 30.5. The Hall–Kier alpha value is -3.40. The van der Waals surface area contributed by atoms with Gasteiger partial charge in [0.05, 0.1) is 17.4 Å². The molecule has 0 saturated heterocycles. The van der Waals surface area contributed by atoms with Crippen molar-refractivity contribution in [1.29, 1.82) is 0 Å². The number of Topliss-reactive ketones (excluding diaryl/α,β-unsaturated/α-hetero) is 1. The molecule has 0 unspecified atom stereocenters. The molecular weight excluding hydrogens is 398 g/mol. The van der Waals surface area contributed by atoms with Crippen LogP contribution in [-0.4, -0.2) is 23.4 Å². The number of carbonyl (C=O) groups is 2. The van der Waals surface area contributed by atoms with Gasteiger partial charge in [-0.25, -0.2) is 4.79 Å². The molecule has 2 bridgehead atoms. The van der Waals surface area contributed by atoms with Crippen LogP contribution in [0, 0.1) is 22.7 Å². The van der Waals surface area contributed by atoms with Gasteiger partial charge in [0.25, 0.3) is 0 Å². The fourth-order valence-corrected chi connectivity index (χ4v) is 6.10. The standard InChI is InChI=1S/C28H27NO3/c1-4-32-26(31)29-17-15-21-22(16-18-29)28(3)24(20-13-9-6-10-14-20)23(27(21,2)25(28)30)19-11-7-5-8-12-19/h5-18,21-22H,4H2,1-3H3/t21-,22-,27+,28+/m0/s1. The Morgan fingerprint density at radius 3 is 1.69 bits per heavy atom. The summed E-state index contributed by atoms with van der Waals surface area (Å²) in [5.74, 6) is 0.133. The number of hydrogen-bond donors (Lipinski definition) is 0. The Morgan fingerprint density at radius 1 is 0.844 bits per heavy atom. The number of benzene rings is 2. The second-order valence-electron chi connectivity index (χ2n) is 9.06. The summed E-state index contributed by atoms with van der Waals surface area (Å²) in [6, 6.07) is 20.5. The third kappa shape index (κ3) is 2.62. The quantitative estimate of drug-likeness (QED) is 0.612. The van der Waals surface area contributed by atoms with Crippen LogP contribution >= 0.6 is 0 Å². The molecule has 2 aromatic carbocycles. The van der Waals surface area contributed by atoms with Crippen molar-refractivity contribution < 1.29 is 14.3 Å². The fourth-order valence-electron chi connectivity index (χ4n) is 6.10. The predicted octanol–water partition coefficient (Wildman–Crippen LogP) is 5.94. The zero-order chi connectivity index (χ0) is 22.5. The molecule has 32 heavy (non-hydrogen) atoms. The molecule has 0 radical (unpaired) electrons. The van der Waals surface area contributed by atoms with Crippen molar-refractivity contribution >= 4 is 23.0 Å². The molecule has 4 heteroatoms. The topological polar surface area (TPSA) is 46.6 Å². The third-order valence-electron chi connectivity index (χ3n) is 7.46. The number of rotatable bonds is 3. The molecule has 2 aliphatic carbocycles. The minimum Gasteiger partial charge on any atom is -0.449 e. The maximum absolute atomic E-state index is 14.2. The van der Waals surface area contributed by atoms with E-state index < -0.39 is 16.9 Å². The zero-order valence-electron chi connectivity index (χ0n) is 18.6. The molecule has 2 aromatic rings. The van der Waals surface area contributed by atoms with Crippen LogP contribution in [0.2, 0.25) is 0 Å². The largest absolute Gasteiger partial charge is 0.449 e. The molecule has 1 aliphatic heterocycles. The van der Waals surface area contributed by atoms with Crippen LogP contribution in [0.15, 0.2) is 85.2 Å². The van der Waals surface area contributed by atoms with Gasteiger partial charge in [-0.3, -0.25) is 9.69 Å². The second-order valence-corrected chi connectivity index (χ2v) is 9.06. The van der Waals surface area contributed by atoms with E-state index in [-0.39, 0.29) is 17.6 Å². The van der Waals surface area contributed by atoms with Gasteiger partial charge in [0, 0.05) is 24.2 Å². The lowest BCUT2D eigenvalue weighted by atomic mass is 9.62. The van der Waals surface area contributed by atoms with E-state index in [0.29, 0.717) is 6.61 Å². The van der Waals surface area contributed by atoms with E-state index in [4.69, 9.17) is 4.74 Å². The van der Waals surface area contributed by atoms with Gasteiger partial charge in [-0.15, -0.1) is 0 Å². The van der Waals surface area contributed by atoms with Crippen LogP contribution in [0.1, 0.15) is 31.9 Å². The highest BCUT2D eigenvalue weighted by molar-refractivity contribution is 6.23. The number of carbonyl (C=O) groups excluding carboxylic acids is 2. The van der Waals surface area contributed by atoms with Crippen molar-refractivity contribution in [2.45, 2.75) is 20.8 Å². The van der Waals surface area contributed by atoms with E-state index >= 15 is 0 Å². The highest BCUT2D eigenvalue weighted by Crippen LogP contribution is 2.72.